The number of nitrogens with zero attached hydrogens (tertiary/aromatic N) is 6. The van der Waals surface area contributed by atoms with Crippen LogP contribution in [0.1, 0.15) is 10.4 Å². The van der Waals surface area contributed by atoms with Gasteiger partial charge in [-0.3, -0.25) is 4.79 Å². The van der Waals surface area contributed by atoms with E-state index in [2.05, 4.69) is 19.9 Å². The van der Waals surface area contributed by atoms with Crippen LogP contribution in [0.25, 0.3) is 11.4 Å². The number of morpholine rings is 1. The molecule has 0 aliphatic carbocycles. The number of carbonyl (C=O) groups is 1. The first-order valence-corrected chi connectivity index (χ1v) is 10.6. The molecule has 1 fully saturated rings. The SMILES string of the molecule is CN(C)C(=O)c1ccc(Oc2nc(-c3ccc(N)nc3)nc(N3CCOC(C(F)(F)F)C3)n2)c(F)c1. The van der Waals surface area contributed by atoms with Crippen LogP contribution in [0.5, 0.6) is 11.8 Å². The summed E-state index contributed by atoms with van der Waals surface area (Å²) in [5, 5.41) is 0. The number of ether oxygens (including phenoxy) is 2. The highest BCUT2D eigenvalue weighted by Crippen LogP contribution is 2.30. The molecule has 1 saturated heterocycles. The molecule has 1 aliphatic heterocycles. The Labute approximate surface area is 202 Å². The van der Waals surface area contributed by atoms with Crippen molar-refractivity contribution in [2.75, 3.05) is 44.4 Å². The van der Waals surface area contributed by atoms with Gasteiger partial charge in [0.15, 0.2) is 23.5 Å². The maximum absolute atomic E-state index is 14.7. The first-order valence-electron chi connectivity index (χ1n) is 10.6. The number of anilines is 2. The summed E-state index contributed by atoms with van der Waals surface area (Å²) >= 11 is 0. The minimum Gasteiger partial charge on any atom is -0.421 e. The van der Waals surface area contributed by atoms with Gasteiger partial charge in [-0.1, -0.05) is 0 Å². The third-order valence-electron chi connectivity index (χ3n) is 5.15. The summed E-state index contributed by atoms with van der Waals surface area (Å²) < 4.78 is 64.8. The molecule has 0 bridgehead atoms. The number of carbonyl (C=O) groups excluding carboxylic acids is 1. The number of nitrogens with two attached hydrogens (primary N) is 1. The molecule has 3 aromatic rings. The van der Waals surface area contributed by atoms with Gasteiger partial charge in [0.2, 0.25) is 5.95 Å². The molecule has 2 aromatic heterocycles. The van der Waals surface area contributed by atoms with Crippen molar-refractivity contribution in [3.8, 4) is 23.1 Å². The number of aromatic nitrogens is 4. The van der Waals surface area contributed by atoms with E-state index in [4.69, 9.17) is 15.2 Å². The van der Waals surface area contributed by atoms with Crippen molar-refractivity contribution in [3.05, 3.63) is 47.9 Å². The van der Waals surface area contributed by atoms with Gasteiger partial charge in [0.25, 0.3) is 5.91 Å². The fourth-order valence-electron chi connectivity index (χ4n) is 3.30. The van der Waals surface area contributed by atoms with Crippen LogP contribution in [0, 0.1) is 5.82 Å². The Balaban J connectivity index is 1.70. The molecule has 1 amide bonds. The molecule has 0 radical (unpaired) electrons. The van der Waals surface area contributed by atoms with Crippen molar-refractivity contribution in [3.63, 3.8) is 0 Å². The topological polar surface area (TPSA) is 120 Å². The number of benzene rings is 1. The Morgan fingerprint density at radius 1 is 1.19 bits per heavy atom. The van der Waals surface area contributed by atoms with Crippen molar-refractivity contribution in [1.82, 2.24) is 24.8 Å². The first-order chi connectivity index (χ1) is 17.0. The summed E-state index contributed by atoms with van der Waals surface area (Å²) in [4.78, 5) is 31.2. The van der Waals surface area contributed by atoms with E-state index in [1.807, 2.05) is 0 Å². The van der Waals surface area contributed by atoms with Gasteiger partial charge in [0, 0.05) is 38.0 Å². The zero-order valence-corrected chi connectivity index (χ0v) is 19.2. The van der Waals surface area contributed by atoms with Crippen molar-refractivity contribution < 1.29 is 31.8 Å². The van der Waals surface area contributed by atoms with Gasteiger partial charge in [-0.25, -0.2) is 9.37 Å². The van der Waals surface area contributed by atoms with Gasteiger partial charge in [-0.15, -0.1) is 0 Å². The van der Waals surface area contributed by atoms with E-state index in [-0.39, 0.29) is 48.1 Å². The Morgan fingerprint density at radius 3 is 2.61 bits per heavy atom. The molecule has 0 spiro atoms. The van der Waals surface area contributed by atoms with Crippen LogP contribution in [-0.2, 0) is 4.74 Å². The highest BCUT2D eigenvalue weighted by Gasteiger charge is 2.44. The molecule has 3 heterocycles. The van der Waals surface area contributed by atoms with Gasteiger partial charge in [0.05, 0.1) is 13.2 Å². The second kappa shape index (κ2) is 9.89. The van der Waals surface area contributed by atoms with Crippen molar-refractivity contribution >= 4 is 17.7 Å². The second-order valence-electron chi connectivity index (χ2n) is 8.01. The molecule has 4 rings (SSSR count). The van der Waals surface area contributed by atoms with Crippen LogP contribution < -0.4 is 15.4 Å². The average Bonchev–Trinajstić information content (AvgIpc) is 2.84. The molecular weight excluding hydrogens is 486 g/mol. The van der Waals surface area contributed by atoms with E-state index in [0.717, 1.165) is 6.07 Å². The van der Waals surface area contributed by atoms with Gasteiger partial charge in [-0.2, -0.15) is 28.1 Å². The van der Waals surface area contributed by atoms with Gasteiger partial charge in [-0.05, 0) is 30.3 Å². The molecule has 1 atom stereocenters. The predicted molar refractivity (Wildman–Crippen MR) is 120 cm³/mol. The predicted octanol–water partition coefficient (Wildman–Crippen LogP) is 2.92. The molecule has 190 valence electrons. The fraction of sp³-hybridized carbons (Fsp3) is 0.318. The Bertz CT molecular complexity index is 1260. The van der Waals surface area contributed by atoms with Crippen LogP contribution in [0.4, 0.5) is 29.3 Å². The lowest BCUT2D eigenvalue weighted by molar-refractivity contribution is -0.221. The van der Waals surface area contributed by atoms with Crippen LogP contribution in [-0.4, -0.2) is 76.8 Å². The van der Waals surface area contributed by atoms with Gasteiger partial charge >= 0.3 is 12.2 Å². The summed E-state index contributed by atoms with van der Waals surface area (Å²) in [6, 6.07) is 6.28. The van der Waals surface area contributed by atoms with E-state index >= 15 is 0 Å². The molecule has 1 aliphatic rings. The lowest BCUT2D eigenvalue weighted by Crippen LogP contribution is -2.49. The third kappa shape index (κ3) is 5.59. The normalized spacial score (nSPS) is 16.1. The van der Waals surface area contributed by atoms with Crippen molar-refractivity contribution in [1.29, 1.82) is 0 Å². The van der Waals surface area contributed by atoms with Gasteiger partial charge in [0.1, 0.15) is 5.82 Å². The lowest BCUT2D eigenvalue weighted by atomic mass is 10.2. The minimum absolute atomic E-state index is 0.0253. The van der Waals surface area contributed by atoms with E-state index in [9.17, 15) is 22.4 Å². The highest BCUT2D eigenvalue weighted by molar-refractivity contribution is 5.94. The maximum atomic E-state index is 14.7. The molecule has 1 unspecified atom stereocenters. The third-order valence-corrected chi connectivity index (χ3v) is 5.15. The molecule has 0 saturated carbocycles. The summed E-state index contributed by atoms with van der Waals surface area (Å²) in [6.07, 6.45) is -5.24. The summed E-state index contributed by atoms with van der Waals surface area (Å²) in [7, 11) is 3.05. The Morgan fingerprint density at radius 2 is 1.97 bits per heavy atom. The second-order valence-corrected chi connectivity index (χ2v) is 8.01. The van der Waals surface area contributed by atoms with Crippen LogP contribution in [0.3, 0.4) is 0 Å². The standard InChI is InChI=1S/C22H21F4N7O3/c1-32(2)19(34)12-3-5-15(14(23)9-12)36-21-30-18(13-4-6-17(27)28-10-13)29-20(31-21)33-7-8-35-16(11-33)22(24,25)26/h3-6,9-10,16H,7-8,11H2,1-2H3,(H2,27,28). The quantitative estimate of drug-likeness (QED) is 0.520. The van der Waals surface area contributed by atoms with E-state index < -0.39 is 30.5 Å². The molecule has 14 heteroatoms. The zero-order valence-electron chi connectivity index (χ0n) is 19.2. The number of hydrogen-bond donors (Lipinski definition) is 1. The van der Waals surface area contributed by atoms with E-state index in [1.165, 1.54) is 48.3 Å². The molecule has 1 aromatic carbocycles. The van der Waals surface area contributed by atoms with Crippen LogP contribution in [0.15, 0.2) is 36.5 Å². The number of pyridine rings is 1. The van der Waals surface area contributed by atoms with Crippen LogP contribution in [0.2, 0.25) is 0 Å². The molecule has 2 N–H and O–H groups in total. The number of rotatable bonds is 5. The largest absolute Gasteiger partial charge is 0.421 e. The Kier molecular flexibility index (Phi) is 6.88. The summed E-state index contributed by atoms with van der Waals surface area (Å²) in [5.41, 5.74) is 6.10. The zero-order chi connectivity index (χ0) is 26.0. The Hall–Kier alpha value is -4.07. The number of amides is 1. The number of halogens is 4. The van der Waals surface area contributed by atoms with Crippen molar-refractivity contribution in [2.45, 2.75) is 12.3 Å². The molecule has 36 heavy (non-hydrogen) atoms. The molecule has 10 nitrogen and oxygen atoms in total. The average molecular weight is 507 g/mol. The number of nitrogen functional groups attached to an aromatic ring is 1. The fourth-order valence-corrected chi connectivity index (χ4v) is 3.30. The maximum Gasteiger partial charge on any atom is 0.416 e. The number of hydrogen-bond acceptors (Lipinski definition) is 9. The smallest absolute Gasteiger partial charge is 0.416 e. The summed E-state index contributed by atoms with van der Waals surface area (Å²) in [6.45, 7) is -0.686. The monoisotopic (exact) mass is 507 g/mol. The lowest BCUT2D eigenvalue weighted by Gasteiger charge is -2.33. The number of alkyl halides is 3. The van der Waals surface area contributed by atoms with Crippen molar-refractivity contribution in [2.24, 2.45) is 0 Å². The first kappa shape index (κ1) is 25.0. The van der Waals surface area contributed by atoms with E-state index in [0.29, 0.717) is 5.56 Å². The minimum atomic E-state index is -4.58. The molecular formula is C22H21F4N7O3. The van der Waals surface area contributed by atoms with E-state index in [1.54, 1.807) is 6.07 Å². The summed E-state index contributed by atoms with van der Waals surface area (Å²) in [5.74, 6) is -1.42. The van der Waals surface area contributed by atoms with Gasteiger partial charge < -0.3 is 25.0 Å². The highest BCUT2D eigenvalue weighted by atomic mass is 19.4. The van der Waals surface area contributed by atoms with Crippen LogP contribution >= 0.6 is 0 Å².